The molecule has 1 aromatic carbocycles. The van der Waals surface area contributed by atoms with E-state index < -0.39 is 0 Å². The first-order chi connectivity index (χ1) is 8.70. The first kappa shape index (κ1) is 13.9. The third-order valence-corrected chi connectivity index (χ3v) is 4.55. The summed E-state index contributed by atoms with van der Waals surface area (Å²) in [5.74, 6) is 1.84. The van der Waals surface area contributed by atoms with Gasteiger partial charge in [-0.3, -0.25) is 0 Å². The molecule has 0 bridgehead atoms. The van der Waals surface area contributed by atoms with Gasteiger partial charge in [0.2, 0.25) is 0 Å². The van der Waals surface area contributed by atoms with Crippen LogP contribution in [0.4, 0.5) is 0 Å². The number of halogens is 1. The van der Waals surface area contributed by atoms with Crippen LogP contribution in [0.15, 0.2) is 22.7 Å². The summed E-state index contributed by atoms with van der Waals surface area (Å²) >= 11 is 3.53. The Morgan fingerprint density at radius 3 is 2.83 bits per heavy atom. The zero-order valence-corrected chi connectivity index (χ0v) is 12.9. The Morgan fingerprint density at radius 1 is 1.33 bits per heavy atom. The number of nitrogens with two attached hydrogens (primary N) is 1. The van der Waals surface area contributed by atoms with Crippen LogP contribution in [0.25, 0.3) is 0 Å². The van der Waals surface area contributed by atoms with Crippen molar-refractivity contribution in [2.75, 3.05) is 7.11 Å². The Labute approximate surface area is 118 Å². The van der Waals surface area contributed by atoms with Crippen LogP contribution in [0, 0.1) is 5.92 Å². The number of ether oxygens (including phenoxy) is 1. The zero-order chi connectivity index (χ0) is 13.0. The van der Waals surface area contributed by atoms with Crippen molar-refractivity contribution in [3.63, 3.8) is 0 Å². The predicted molar refractivity (Wildman–Crippen MR) is 77.7 cm³/mol. The van der Waals surface area contributed by atoms with Gasteiger partial charge >= 0.3 is 0 Å². The Hall–Kier alpha value is -0.540. The molecule has 0 aliphatic heterocycles. The highest BCUT2D eigenvalue weighted by Crippen LogP contribution is 2.24. The van der Waals surface area contributed by atoms with Gasteiger partial charge < -0.3 is 10.1 Å². The minimum absolute atomic E-state index is 0.780. The molecule has 2 atom stereocenters. The third-order valence-electron chi connectivity index (χ3n) is 4.06. The Morgan fingerprint density at radius 2 is 2.11 bits per heavy atom. The van der Waals surface area contributed by atoms with Crippen LogP contribution in [-0.2, 0) is 6.54 Å². The van der Waals surface area contributed by atoms with Gasteiger partial charge in [0.15, 0.2) is 0 Å². The maximum absolute atomic E-state index is 5.43. The van der Waals surface area contributed by atoms with E-state index in [4.69, 9.17) is 4.74 Å². The van der Waals surface area contributed by atoms with Crippen LogP contribution in [0.5, 0.6) is 5.75 Å². The predicted octanol–water partition coefficient (Wildman–Crippen LogP) is 3.10. The first-order valence-corrected chi connectivity index (χ1v) is 7.65. The molecule has 0 unspecified atom stereocenters. The quantitative estimate of drug-likeness (QED) is 0.908. The minimum Gasteiger partial charge on any atom is -0.496 e. The summed E-state index contributed by atoms with van der Waals surface area (Å²) in [6, 6.07) is 7.02. The number of rotatable bonds is 4. The lowest BCUT2D eigenvalue weighted by atomic mass is 9.86. The molecule has 2 nitrogen and oxygen atoms in total. The molecule has 100 valence electrons. The van der Waals surface area contributed by atoms with Crippen molar-refractivity contribution < 1.29 is 10.1 Å². The van der Waals surface area contributed by atoms with Gasteiger partial charge in [-0.05, 0) is 37.5 Å². The number of benzene rings is 1. The molecule has 18 heavy (non-hydrogen) atoms. The summed E-state index contributed by atoms with van der Waals surface area (Å²) in [7, 11) is 1.75. The lowest BCUT2D eigenvalue weighted by molar-refractivity contribution is -0.712. The second-order valence-electron chi connectivity index (χ2n) is 5.32. The number of hydrogen-bond acceptors (Lipinski definition) is 1. The van der Waals surface area contributed by atoms with Crippen LogP contribution in [0.3, 0.4) is 0 Å². The maximum Gasteiger partial charge on any atom is 0.127 e. The van der Waals surface area contributed by atoms with Crippen LogP contribution in [-0.4, -0.2) is 13.2 Å². The number of quaternary nitrogens is 1. The van der Waals surface area contributed by atoms with Gasteiger partial charge in [-0.15, -0.1) is 0 Å². The first-order valence-electron chi connectivity index (χ1n) is 6.86. The third kappa shape index (κ3) is 3.48. The summed E-state index contributed by atoms with van der Waals surface area (Å²) in [5.41, 5.74) is 1.28. The molecule has 1 aliphatic carbocycles. The van der Waals surface area contributed by atoms with Gasteiger partial charge in [-0.25, -0.2) is 0 Å². The maximum atomic E-state index is 5.43. The van der Waals surface area contributed by atoms with Gasteiger partial charge in [0, 0.05) is 16.0 Å². The van der Waals surface area contributed by atoms with E-state index in [1.54, 1.807) is 7.11 Å². The van der Waals surface area contributed by atoms with Gasteiger partial charge in [0.05, 0.1) is 13.2 Å². The molecule has 1 saturated carbocycles. The van der Waals surface area contributed by atoms with E-state index in [1.807, 2.05) is 12.1 Å². The molecule has 2 N–H and O–H groups in total. The number of hydrogen-bond donors (Lipinski definition) is 1. The highest BCUT2D eigenvalue weighted by atomic mass is 79.9. The molecule has 0 saturated heterocycles. The minimum atomic E-state index is 0.780. The topological polar surface area (TPSA) is 25.8 Å². The van der Waals surface area contributed by atoms with Crippen molar-refractivity contribution in [2.24, 2.45) is 5.92 Å². The van der Waals surface area contributed by atoms with E-state index in [0.717, 1.165) is 28.7 Å². The lowest BCUT2D eigenvalue weighted by Gasteiger charge is -2.26. The van der Waals surface area contributed by atoms with Crippen molar-refractivity contribution in [2.45, 2.75) is 45.2 Å². The zero-order valence-electron chi connectivity index (χ0n) is 11.3. The van der Waals surface area contributed by atoms with E-state index >= 15 is 0 Å². The molecule has 0 spiro atoms. The van der Waals surface area contributed by atoms with Crippen molar-refractivity contribution in [1.29, 1.82) is 0 Å². The van der Waals surface area contributed by atoms with E-state index in [0.29, 0.717) is 0 Å². The van der Waals surface area contributed by atoms with Crippen LogP contribution >= 0.6 is 15.9 Å². The van der Waals surface area contributed by atoms with Crippen LogP contribution in [0.2, 0.25) is 0 Å². The van der Waals surface area contributed by atoms with E-state index in [1.165, 1.54) is 31.2 Å². The second-order valence-corrected chi connectivity index (χ2v) is 6.24. The summed E-state index contributed by atoms with van der Waals surface area (Å²) in [6.07, 6.45) is 5.54. The van der Waals surface area contributed by atoms with Gasteiger partial charge in [-0.2, -0.15) is 0 Å². The van der Waals surface area contributed by atoms with Crippen LogP contribution in [0.1, 0.15) is 38.2 Å². The summed E-state index contributed by atoms with van der Waals surface area (Å²) in [5, 5.41) is 2.49. The fraction of sp³-hybridized carbons (Fsp3) is 0.600. The second kappa shape index (κ2) is 6.58. The van der Waals surface area contributed by atoms with E-state index in [9.17, 15) is 0 Å². The fourth-order valence-corrected chi connectivity index (χ4v) is 3.29. The molecule has 0 heterocycles. The van der Waals surface area contributed by atoms with Crippen LogP contribution < -0.4 is 10.1 Å². The fourth-order valence-electron chi connectivity index (χ4n) is 2.88. The van der Waals surface area contributed by atoms with Crippen molar-refractivity contribution in [3.05, 3.63) is 28.2 Å². The van der Waals surface area contributed by atoms with Gasteiger partial charge in [-0.1, -0.05) is 29.3 Å². The average Bonchev–Trinajstić information content (AvgIpc) is 2.38. The SMILES string of the molecule is COc1ccc(Br)cc1C[NH2+][C@@H]1CCCC[C@@H]1C. The average molecular weight is 313 g/mol. The highest BCUT2D eigenvalue weighted by molar-refractivity contribution is 9.10. The Kier molecular flexibility index (Phi) is 5.07. The summed E-state index contributed by atoms with van der Waals surface area (Å²) < 4.78 is 6.55. The molecule has 0 radical (unpaired) electrons. The largest absolute Gasteiger partial charge is 0.496 e. The Bertz CT molecular complexity index is 394. The molecule has 0 amide bonds. The van der Waals surface area contributed by atoms with E-state index in [-0.39, 0.29) is 0 Å². The molecule has 1 aromatic rings. The van der Waals surface area contributed by atoms with Crippen molar-refractivity contribution >= 4 is 15.9 Å². The number of methoxy groups -OCH3 is 1. The Balaban J connectivity index is 1.98. The molecule has 3 heteroatoms. The lowest BCUT2D eigenvalue weighted by Crippen LogP contribution is -2.90. The van der Waals surface area contributed by atoms with Crippen molar-refractivity contribution in [1.82, 2.24) is 0 Å². The standard InChI is InChI=1S/C15H22BrNO/c1-11-5-3-4-6-14(11)17-10-12-9-13(16)7-8-15(12)18-2/h7-9,11,14,17H,3-6,10H2,1-2H3/p+1/t11-,14+/m0/s1. The monoisotopic (exact) mass is 312 g/mol. The molecule has 1 fully saturated rings. The smallest absolute Gasteiger partial charge is 0.127 e. The van der Waals surface area contributed by atoms with E-state index in [2.05, 4.69) is 34.2 Å². The summed E-state index contributed by atoms with van der Waals surface area (Å²) in [4.78, 5) is 0. The summed E-state index contributed by atoms with van der Waals surface area (Å²) in [6.45, 7) is 3.40. The normalized spacial score (nSPS) is 23.9. The molecular weight excluding hydrogens is 290 g/mol. The highest BCUT2D eigenvalue weighted by Gasteiger charge is 2.24. The molecular formula is C15H23BrNO+. The molecule has 1 aliphatic rings. The van der Waals surface area contributed by atoms with Gasteiger partial charge in [0.1, 0.15) is 12.3 Å². The van der Waals surface area contributed by atoms with Gasteiger partial charge in [0.25, 0.3) is 0 Å². The molecule has 2 rings (SSSR count). The molecule has 0 aromatic heterocycles. The van der Waals surface area contributed by atoms with Crippen molar-refractivity contribution in [3.8, 4) is 5.75 Å².